The summed E-state index contributed by atoms with van der Waals surface area (Å²) >= 11 is 0. The molecule has 8 heteroatoms. The van der Waals surface area contributed by atoms with Crippen LogP contribution in [0.2, 0.25) is 39.3 Å². The summed E-state index contributed by atoms with van der Waals surface area (Å²) in [6.45, 7) is 27.3. The molecule has 5 rings (SSSR count). The maximum absolute atomic E-state index is 4.95. The number of rotatable bonds is 7. The van der Waals surface area contributed by atoms with Gasteiger partial charge >= 0.3 is 32.7 Å². The molecule has 0 spiro atoms. The number of para-hydroxylation sites is 2. The topological polar surface area (TPSA) is 60.8 Å². The predicted molar refractivity (Wildman–Crippen MR) is 189 cm³/mol. The van der Waals surface area contributed by atoms with E-state index in [1.165, 1.54) is 42.2 Å². The van der Waals surface area contributed by atoms with Crippen LogP contribution in [0.3, 0.4) is 0 Å². The summed E-state index contributed by atoms with van der Waals surface area (Å²) in [5.41, 5.74) is 5.91. The fraction of sp³-hybridized carbons (Fsp3) is 0.600. The van der Waals surface area contributed by atoms with Crippen molar-refractivity contribution < 1.29 is 42.2 Å². The molecule has 3 aromatic rings. The molecule has 5 nitrogen and oxygen atoms in total. The molecule has 0 aliphatic carbocycles. The summed E-state index contributed by atoms with van der Waals surface area (Å²) < 4.78 is 14.7. The number of aromatic nitrogens is 1. The molecule has 0 saturated carbocycles. The van der Waals surface area contributed by atoms with Crippen LogP contribution < -0.4 is 4.98 Å². The molecule has 2 aromatic carbocycles. The van der Waals surface area contributed by atoms with E-state index in [-0.39, 0.29) is 32.7 Å². The molecule has 2 saturated heterocycles. The molecular weight excluding hydrogens is 639 g/mol. The first-order valence-corrected chi connectivity index (χ1v) is 22.9. The van der Waals surface area contributed by atoms with Gasteiger partial charge in [0.05, 0.1) is 0 Å². The van der Waals surface area contributed by atoms with Crippen molar-refractivity contribution >= 4 is 33.1 Å². The van der Waals surface area contributed by atoms with Crippen molar-refractivity contribution in [2.45, 2.75) is 111 Å². The van der Waals surface area contributed by atoms with Crippen LogP contribution in [0.4, 0.5) is 5.69 Å². The van der Waals surface area contributed by atoms with Gasteiger partial charge in [0.15, 0.2) is 0 Å². The van der Waals surface area contributed by atoms with Crippen LogP contribution in [0.25, 0.3) is 20.9 Å². The molecule has 0 amide bonds. The van der Waals surface area contributed by atoms with Gasteiger partial charge in [-0.15, -0.1) is 17.7 Å². The number of nitrogens with zero attached hydrogens (tertiary/aromatic N) is 3. The van der Waals surface area contributed by atoms with Gasteiger partial charge in [0.2, 0.25) is 0 Å². The second-order valence-corrected chi connectivity index (χ2v) is 23.4. The zero-order valence-electron chi connectivity index (χ0n) is 28.9. The first-order chi connectivity index (χ1) is 19.8. The van der Waals surface area contributed by atoms with Gasteiger partial charge in [-0.1, -0.05) is 143 Å². The summed E-state index contributed by atoms with van der Waals surface area (Å²) in [6.07, 6.45) is 5.11. The zero-order chi connectivity index (χ0) is 31.2. The van der Waals surface area contributed by atoms with Crippen LogP contribution in [0, 0.1) is 0 Å². The minimum absolute atomic E-state index is 0. The van der Waals surface area contributed by atoms with Crippen molar-refractivity contribution in [2.75, 3.05) is 26.4 Å². The minimum atomic E-state index is -1.11. The first kappa shape index (κ1) is 40.2. The number of hydrogen-bond acceptors (Lipinski definition) is 2. The standard InChI is InChI=1S/C21H24N2.C6H18NSi2.2C4H8O.Y/c1-14(2)18-9-7-10-19(15(3)4)21(18)22-13-17-12-16-8-5-6-11-20(16)23-17;1-8(2,3)7-9(4,5)6;2*1-2-4-5-3-1;/h5-12,14-15H,13H2,1-4H3;1-6H3;2*1-4H2;/q-2;-1;;;+3. The number of fused-ring (bicyclic) bond motifs is 1. The number of hydrogen-bond donors (Lipinski definition) is 0. The Morgan fingerprint density at radius 2 is 1.16 bits per heavy atom. The summed E-state index contributed by atoms with van der Waals surface area (Å²) in [7, 11) is -2.21. The molecule has 0 bridgehead atoms. The molecule has 43 heavy (non-hydrogen) atoms. The fourth-order valence-electron chi connectivity index (χ4n) is 5.04. The number of benzene rings is 2. The predicted octanol–water partition coefficient (Wildman–Crippen LogP) is 10.9. The van der Waals surface area contributed by atoms with Gasteiger partial charge in [0.1, 0.15) is 0 Å². The van der Waals surface area contributed by atoms with Gasteiger partial charge in [0, 0.05) is 26.4 Å². The minimum Gasteiger partial charge on any atom is -0.682 e. The average molecular weight is 698 g/mol. The van der Waals surface area contributed by atoms with E-state index < -0.39 is 16.5 Å². The molecule has 2 fully saturated rings. The van der Waals surface area contributed by atoms with Gasteiger partial charge in [0.25, 0.3) is 0 Å². The van der Waals surface area contributed by atoms with E-state index in [9.17, 15) is 0 Å². The van der Waals surface area contributed by atoms with Gasteiger partial charge < -0.3 is 24.4 Å². The summed E-state index contributed by atoms with van der Waals surface area (Å²) in [4.78, 5) is 4.68. The number of ether oxygens (including phenoxy) is 2. The molecule has 0 atom stereocenters. The van der Waals surface area contributed by atoms with Gasteiger partial charge in [-0.05, 0) is 42.9 Å². The van der Waals surface area contributed by atoms with Crippen LogP contribution in [0.15, 0.2) is 48.5 Å². The van der Waals surface area contributed by atoms with E-state index in [0.717, 1.165) is 43.3 Å². The van der Waals surface area contributed by atoms with Gasteiger partial charge in [-0.2, -0.15) is 5.69 Å². The summed E-state index contributed by atoms with van der Waals surface area (Å²) in [5, 5.41) is 6.15. The van der Waals surface area contributed by atoms with E-state index in [0.29, 0.717) is 18.4 Å². The van der Waals surface area contributed by atoms with Crippen molar-refractivity contribution in [2.24, 2.45) is 0 Å². The Morgan fingerprint density at radius 3 is 1.51 bits per heavy atom. The largest absolute Gasteiger partial charge is 3.00 e. The molecule has 3 heterocycles. The third kappa shape index (κ3) is 16.9. The Hall–Kier alpha value is -0.802. The third-order valence-electron chi connectivity index (χ3n) is 6.59. The molecule has 2 aliphatic heterocycles. The maximum Gasteiger partial charge on any atom is 3.00 e. The zero-order valence-corrected chi connectivity index (χ0v) is 33.7. The molecule has 2 aliphatic rings. The first-order valence-electron chi connectivity index (χ1n) is 16.0. The van der Waals surface area contributed by atoms with Crippen LogP contribution >= 0.6 is 0 Å². The van der Waals surface area contributed by atoms with E-state index in [4.69, 9.17) is 19.4 Å². The van der Waals surface area contributed by atoms with Crippen molar-refractivity contribution in [1.82, 2.24) is 4.98 Å². The smallest absolute Gasteiger partial charge is 0.682 e. The van der Waals surface area contributed by atoms with Crippen LogP contribution in [0.1, 0.15) is 82.0 Å². The second-order valence-electron chi connectivity index (χ2n) is 13.8. The Morgan fingerprint density at radius 1 is 0.698 bits per heavy atom. The van der Waals surface area contributed by atoms with Crippen LogP contribution in [-0.2, 0) is 48.7 Å². The van der Waals surface area contributed by atoms with E-state index >= 15 is 0 Å². The SMILES string of the molecule is C1CCOC1.C1CCOC1.CC(C)c1cccc(C(C)C)c1[N-]Cc1cc2ccccc2[n-]1.C[Si](C)(C)[N-][Si](C)(C)C.[Y+3]. The summed E-state index contributed by atoms with van der Waals surface area (Å²) in [5.74, 6) is 0.943. The molecule has 0 radical (unpaired) electrons. The summed E-state index contributed by atoms with van der Waals surface area (Å²) in [6, 6.07) is 16.9. The molecular formula is C35H58N3O2Si2Y. The quantitative estimate of drug-likeness (QED) is 0.231. The monoisotopic (exact) mass is 697 g/mol. The Labute approximate surface area is 291 Å². The van der Waals surface area contributed by atoms with Crippen LogP contribution in [-0.4, -0.2) is 42.9 Å². The van der Waals surface area contributed by atoms with E-state index in [1.54, 1.807) is 0 Å². The molecule has 0 N–H and O–H groups in total. The van der Waals surface area contributed by atoms with E-state index in [1.807, 2.05) is 6.07 Å². The van der Waals surface area contributed by atoms with Crippen molar-refractivity contribution in [1.29, 1.82) is 0 Å². The molecule has 0 unspecified atom stereocenters. The fourth-order valence-corrected chi connectivity index (χ4v) is 13.1. The molecule has 236 valence electrons. The Balaban J connectivity index is 0.000000376. The normalized spacial score (nSPS) is 14.7. The van der Waals surface area contributed by atoms with Crippen molar-refractivity contribution in [3.05, 3.63) is 75.3 Å². The van der Waals surface area contributed by atoms with Gasteiger partial charge in [-0.3, -0.25) is 0 Å². The second kappa shape index (κ2) is 20.3. The average Bonchev–Trinajstić information content (AvgIpc) is 3.69. The third-order valence-corrected chi connectivity index (χ3v) is 12.0. The van der Waals surface area contributed by atoms with Crippen LogP contribution in [0.5, 0.6) is 0 Å². The Kier molecular flexibility index (Phi) is 19.0. The van der Waals surface area contributed by atoms with Crippen molar-refractivity contribution in [3.8, 4) is 0 Å². The molecule has 1 aromatic heterocycles. The maximum atomic E-state index is 4.95. The Bertz CT molecular complexity index is 1070. The van der Waals surface area contributed by atoms with Gasteiger partial charge in [-0.25, -0.2) is 0 Å². The van der Waals surface area contributed by atoms with E-state index in [2.05, 4.69) is 114 Å². The van der Waals surface area contributed by atoms with Crippen molar-refractivity contribution in [3.63, 3.8) is 0 Å².